The third-order valence-electron chi connectivity index (χ3n) is 3.96. The third kappa shape index (κ3) is 4.57. The average molecular weight is 350 g/mol. The van der Waals surface area contributed by atoms with Crippen molar-refractivity contribution >= 4 is 23.1 Å². The van der Waals surface area contributed by atoms with E-state index < -0.39 is 0 Å². The van der Waals surface area contributed by atoms with Crippen molar-refractivity contribution in [1.29, 1.82) is 0 Å². The molecule has 0 radical (unpaired) electrons. The highest BCUT2D eigenvalue weighted by Crippen LogP contribution is 2.25. The summed E-state index contributed by atoms with van der Waals surface area (Å²) < 4.78 is 13.3. The lowest BCUT2D eigenvalue weighted by Crippen LogP contribution is -2.10. The van der Waals surface area contributed by atoms with Crippen LogP contribution in [0.3, 0.4) is 0 Å². The molecular weight excluding hydrogens is 327 g/mol. The molecule has 3 aromatic rings. The Balaban J connectivity index is 1.79. The molecule has 0 aliphatic heterocycles. The van der Waals surface area contributed by atoms with Crippen LogP contribution in [0.25, 0.3) is 0 Å². The highest BCUT2D eigenvalue weighted by Gasteiger charge is 2.13. The van der Waals surface area contributed by atoms with E-state index in [0.29, 0.717) is 17.5 Å². The first-order valence-electron chi connectivity index (χ1n) is 8.55. The van der Waals surface area contributed by atoms with E-state index in [1.54, 1.807) is 12.1 Å². The molecule has 2 aromatic carbocycles. The van der Waals surface area contributed by atoms with Gasteiger partial charge in [-0.25, -0.2) is 9.37 Å². The second-order valence-corrected chi connectivity index (χ2v) is 7.31. The number of aryl methyl sites for hydroxylation is 1. The fourth-order valence-corrected chi connectivity index (χ4v) is 2.59. The molecule has 2 N–H and O–H groups in total. The summed E-state index contributed by atoms with van der Waals surface area (Å²) in [5.41, 5.74) is 3.76. The van der Waals surface area contributed by atoms with Gasteiger partial charge in [-0.05, 0) is 48.2 Å². The Morgan fingerprint density at radius 1 is 0.846 bits per heavy atom. The molecule has 0 amide bonds. The van der Waals surface area contributed by atoms with Crippen molar-refractivity contribution in [3.8, 4) is 0 Å². The van der Waals surface area contributed by atoms with Crippen molar-refractivity contribution in [3.63, 3.8) is 0 Å². The maximum atomic E-state index is 13.3. The minimum Gasteiger partial charge on any atom is -0.340 e. The predicted octanol–water partition coefficient (Wildman–Crippen LogP) is 5.71. The Hall–Kier alpha value is -2.95. The van der Waals surface area contributed by atoms with E-state index in [1.165, 1.54) is 17.7 Å². The van der Waals surface area contributed by atoms with E-state index in [9.17, 15) is 4.39 Å². The number of hydrogen-bond donors (Lipinski definition) is 2. The van der Waals surface area contributed by atoms with Crippen molar-refractivity contribution < 1.29 is 4.39 Å². The van der Waals surface area contributed by atoms with Gasteiger partial charge in [-0.3, -0.25) is 0 Å². The molecule has 5 heteroatoms. The molecule has 0 saturated heterocycles. The quantitative estimate of drug-likeness (QED) is 0.633. The molecule has 134 valence electrons. The van der Waals surface area contributed by atoms with Gasteiger partial charge >= 0.3 is 0 Å². The number of rotatable bonds is 4. The molecule has 3 rings (SSSR count). The van der Waals surface area contributed by atoms with E-state index in [-0.39, 0.29) is 11.2 Å². The van der Waals surface area contributed by atoms with Crippen LogP contribution in [0.2, 0.25) is 0 Å². The van der Waals surface area contributed by atoms with E-state index in [0.717, 1.165) is 11.4 Å². The zero-order chi connectivity index (χ0) is 18.7. The second-order valence-electron chi connectivity index (χ2n) is 7.31. The lowest BCUT2D eigenvalue weighted by Gasteiger charge is -2.19. The summed E-state index contributed by atoms with van der Waals surface area (Å²) in [6.45, 7) is 8.46. The SMILES string of the molecule is Cc1cc(Nc2ccc(C(C)(C)C)cc2)nc(Nc2cccc(F)c2)n1. The molecule has 0 bridgehead atoms. The van der Waals surface area contributed by atoms with Crippen LogP contribution in [0.15, 0.2) is 54.6 Å². The molecular formula is C21H23FN4. The summed E-state index contributed by atoms with van der Waals surface area (Å²) >= 11 is 0. The van der Waals surface area contributed by atoms with Crippen LogP contribution in [0, 0.1) is 12.7 Å². The number of hydrogen-bond acceptors (Lipinski definition) is 4. The van der Waals surface area contributed by atoms with Crippen LogP contribution in [0.5, 0.6) is 0 Å². The van der Waals surface area contributed by atoms with Gasteiger partial charge in [0.05, 0.1) is 0 Å². The Morgan fingerprint density at radius 3 is 2.23 bits per heavy atom. The summed E-state index contributed by atoms with van der Waals surface area (Å²) in [6.07, 6.45) is 0. The van der Waals surface area contributed by atoms with Crippen LogP contribution in [0.1, 0.15) is 32.0 Å². The van der Waals surface area contributed by atoms with Gasteiger partial charge in [0.2, 0.25) is 5.95 Å². The molecule has 1 heterocycles. The van der Waals surface area contributed by atoms with Crippen LogP contribution in [-0.2, 0) is 5.41 Å². The summed E-state index contributed by atoms with van der Waals surface area (Å²) in [6, 6.07) is 16.4. The Morgan fingerprint density at radius 2 is 1.58 bits per heavy atom. The van der Waals surface area contributed by atoms with Crippen molar-refractivity contribution in [1.82, 2.24) is 9.97 Å². The lowest BCUT2D eigenvalue weighted by atomic mass is 9.87. The van der Waals surface area contributed by atoms with Gasteiger partial charge in [0, 0.05) is 23.1 Å². The largest absolute Gasteiger partial charge is 0.340 e. The molecule has 1 aromatic heterocycles. The first-order valence-corrected chi connectivity index (χ1v) is 8.55. The maximum Gasteiger partial charge on any atom is 0.229 e. The molecule has 26 heavy (non-hydrogen) atoms. The zero-order valence-electron chi connectivity index (χ0n) is 15.5. The number of halogens is 1. The summed E-state index contributed by atoms with van der Waals surface area (Å²) in [4.78, 5) is 8.83. The average Bonchev–Trinajstić information content (AvgIpc) is 2.54. The zero-order valence-corrected chi connectivity index (χ0v) is 15.5. The van der Waals surface area contributed by atoms with Crippen LogP contribution >= 0.6 is 0 Å². The van der Waals surface area contributed by atoms with Crippen LogP contribution in [0.4, 0.5) is 27.5 Å². The van der Waals surface area contributed by atoms with Gasteiger partial charge in [-0.1, -0.05) is 39.0 Å². The molecule has 0 aliphatic rings. The number of nitrogens with one attached hydrogen (secondary N) is 2. The Bertz CT molecular complexity index is 899. The summed E-state index contributed by atoms with van der Waals surface area (Å²) in [5, 5.41) is 6.33. The van der Waals surface area contributed by atoms with Gasteiger partial charge < -0.3 is 10.6 Å². The van der Waals surface area contributed by atoms with E-state index in [4.69, 9.17) is 0 Å². The molecule has 0 unspecified atom stereocenters. The molecule has 0 spiro atoms. The maximum absolute atomic E-state index is 13.3. The lowest BCUT2D eigenvalue weighted by molar-refractivity contribution is 0.590. The minimum atomic E-state index is -0.306. The van der Waals surface area contributed by atoms with Crippen molar-refractivity contribution in [3.05, 3.63) is 71.7 Å². The van der Waals surface area contributed by atoms with Crippen molar-refractivity contribution in [2.75, 3.05) is 10.6 Å². The molecule has 0 saturated carbocycles. The first-order chi connectivity index (χ1) is 12.3. The third-order valence-corrected chi connectivity index (χ3v) is 3.96. The van der Waals surface area contributed by atoms with Gasteiger partial charge in [-0.15, -0.1) is 0 Å². The van der Waals surface area contributed by atoms with Crippen LogP contribution in [-0.4, -0.2) is 9.97 Å². The monoisotopic (exact) mass is 350 g/mol. The van der Waals surface area contributed by atoms with Crippen molar-refractivity contribution in [2.45, 2.75) is 33.1 Å². The van der Waals surface area contributed by atoms with Gasteiger partial charge in [0.25, 0.3) is 0 Å². The topological polar surface area (TPSA) is 49.8 Å². The molecule has 0 fully saturated rings. The van der Waals surface area contributed by atoms with E-state index in [1.807, 2.05) is 25.1 Å². The Kier molecular flexibility index (Phi) is 4.89. The smallest absolute Gasteiger partial charge is 0.229 e. The summed E-state index contributed by atoms with van der Waals surface area (Å²) in [7, 11) is 0. The van der Waals surface area contributed by atoms with Gasteiger partial charge in [0.1, 0.15) is 11.6 Å². The highest BCUT2D eigenvalue weighted by molar-refractivity contribution is 5.60. The van der Waals surface area contributed by atoms with Crippen molar-refractivity contribution in [2.24, 2.45) is 0 Å². The molecule has 4 nitrogen and oxygen atoms in total. The van der Waals surface area contributed by atoms with Crippen LogP contribution < -0.4 is 10.6 Å². The molecule has 0 atom stereocenters. The normalized spacial score (nSPS) is 11.3. The highest BCUT2D eigenvalue weighted by atomic mass is 19.1. The number of aromatic nitrogens is 2. The standard InChI is InChI=1S/C21H23FN4/c1-14-12-19(24-17-10-8-15(9-11-17)21(2,3)4)26-20(23-14)25-18-7-5-6-16(22)13-18/h5-13H,1-4H3,(H2,23,24,25,26). The number of anilines is 4. The number of benzene rings is 2. The number of nitrogens with zero attached hydrogens (tertiary/aromatic N) is 2. The summed E-state index contributed by atoms with van der Waals surface area (Å²) in [5.74, 6) is 0.796. The Labute approximate surface area is 153 Å². The van der Waals surface area contributed by atoms with Gasteiger partial charge in [0.15, 0.2) is 0 Å². The molecule has 0 aliphatic carbocycles. The minimum absolute atomic E-state index is 0.117. The fraction of sp³-hybridized carbons (Fsp3) is 0.238. The fourth-order valence-electron chi connectivity index (χ4n) is 2.59. The van der Waals surface area contributed by atoms with E-state index >= 15 is 0 Å². The predicted molar refractivity (Wildman–Crippen MR) is 105 cm³/mol. The second kappa shape index (κ2) is 7.12. The van der Waals surface area contributed by atoms with Gasteiger partial charge in [-0.2, -0.15) is 4.98 Å². The van der Waals surface area contributed by atoms with E-state index in [2.05, 4.69) is 53.5 Å². The first kappa shape index (κ1) is 17.9.